The number of hydrogen-bond acceptors (Lipinski definition) is 3. The molecule has 1 aromatic rings. The van der Waals surface area contributed by atoms with Crippen LogP contribution < -0.4 is 5.73 Å². The summed E-state index contributed by atoms with van der Waals surface area (Å²) in [6.45, 7) is 4.16. The Bertz CT molecular complexity index is 392. The van der Waals surface area contributed by atoms with E-state index in [4.69, 9.17) is 5.73 Å². The van der Waals surface area contributed by atoms with Gasteiger partial charge in [-0.3, -0.25) is 0 Å². The summed E-state index contributed by atoms with van der Waals surface area (Å²) in [4.78, 5) is 4.14. The fourth-order valence-electron chi connectivity index (χ4n) is 2.72. The highest BCUT2D eigenvalue weighted by Crippen LogP contribution is 2.41. The third kappa shape index (κ3) is 2.05. The molecule has 0 saturated heterocycles. The van der Waals surface area contributed by atoms with E-state index in [-0.39, 0.29) is 0 Å². The zero-order valence-corrected chi connectivity index (χ0v) is 10.0. The van der Waals surface area contributed by atoms with Crippen molar-refractivity contribution in [1.82, 2.24) is 4.98 Å². The predicted octanol–water partition coefficient (Wildman–Crippen LogP) is 2.37. The monoisotopic (exact) mass is 220 g/mol. The van der Waals surface area contributed by atoms with Gasteiger partial charge in [-0.25, -0.2) is 4.98 Å². The standard InChI is InChI=1S/C13H20N2O/c1-9-4-3-5-13(16,7-9)11-6-10(2)8-15-12(11)14/h6,8-9,16H,3-5,7H2,1-2H3,(H2,14,15). The van der Waals surface area contributed by atoms with Crippen LogP contribution in [0.3, 0.4) is 0 Å². The van der Waals surface area contributed by atoms with Crippen molar-refractivity contribution in [2.24, 2.45) is 5.92 Å². The highest BCUT2D eigenvalue weighted by atomic mass is 16.3. The van der Waals surface area contributed by atoms with Crippen molar-refractivity contribution in [3.63, 3.8) is 0 Å². The summed E-state index contributed by atoms with van der Waals surface area (Å²) in [5, 5.41) is 10.7. The number of rotatable bonds is 1. The van der Waals surface area contributed by atoms with Crippen LogP contribution in [0.4, 0.5) is 5.82 Å². The van der Waals surface area contributed by atoms with Crippen molar-refractivity contribution in [2.45, 2.75) is 45.1 Å². The number of hydrogen-bond donors (Lipinski definition) is 2. The summed E-state index contributed by atoms with van der Waals surface area (Å²) in [5.41, 5.74) is 6.99. The minimum atomic E-state index is -0.763. The van der Waals surface area contributed by atoms with Crippen LogP contribution in [0.15, 0.2) is 12.3 Å². The first-order chi connectivity index (χ1) is 7.51. The number of aliphatic hydroxyl groups is 1. The van der Waals surface area contributed by atoms with E-state index in [1.165, 1.54) is 6.42 Å². The van der Waals surface area contributed by atoms with Gasteiger partial charge in [0.05, 0.1) is 5.60 Å². The molecule has 0 bridgehead atoms. The van der Waals surface area contributed by atoms with Gasteiger partial charge in [-0.15, -0.1) is 0 Å². The van der Waals surface area contributed by atoms with E-state index < -0.39 is 5.60 Å². The van der Waals surface area contributed by atoms with Crippen LogP contribution in [-0.2, 0) is 5.60 Å². The van der Waals surface area contributed by atoms with Gasteiger partial charge in [0.15, 0.2) is 0 Å². The van der Waals surface area contributed by atoms with Gasteiger partial charge >= 0.3 is 0 Å². The van der Waals surface area contributed by atoms with Crippen molar-refractivity contribution in [1.29, 1.82) is 0 Å². The zero-order valence-electron chi connectivity index (χ0n) is 10.0. The van der Waals surface area contributed by atoms with Gasteiger partial charge in [-0.1, -0.05) is 13.3 Å². The van der Waals surface area contributed by atoms with Crippen molar-refractivity contribution in [3.05, 3.63) is 23.4 Å². The van der Waals surface area contributed by atoms with E-state index in [1.807, 2.05) is 13.0 Å². The molecule has 0 amide bonds. The molecule has 1 aliphatic rings. The van der Waals surface area contributed by atoms with Gasteiger partial charge < -0.3 is 10.8 Å². The summed E-state index contributed by atoms with van der Waals surface area (Å²) in [6, 6.07) is 1.97. The summed E-state index contributed by atoms with van der Waals surface area (Å²) in [7, 11) is 0. The Labute approximate surface area is 96.7 Å². The SMILES string of the molecule is Cc1cnc(N)c(C2(O)CCCC(C)C2)c1. The smallest absolute Gasteiger partial charge is 0.129 e. The van der Waals surface area contributed by atoms with E-state index in [0.717, 1.165) is 30.4 Å². The maximum Gasteiger partial charge on any atom is 0.129 e. The quantitative estimate of drug-likeness (QED) is 0.764. The molecule has 1 fully saturated rings. The lowest BCUT2D eigenvalue weighted by molar-refractivity contribution is -0.0174. The molecule has 1 heterocycles. The molecule has 0 aromatic carbocycles. The van der Waals surface area contributed by atoms with E-state index in [2.05, 4.69) is 11.9 Å². The van der Waals surface area contributed by atoms with Crippen LogP contribution in [0, 0.1) is 12.8 Å². The maximum absolute atomic E-state index is 10.7. The van der Waals surface area contributed by atoms with Crippen LogP contribution >= 0.6 is 0 Å². The van der Waals surface area contributed by atoms with Crippen molar-refractivity contribution >= 4 is 5.82 Å². The molecule has 2 rings (SSSR count). The Morgan fingerprint density at radius 2 is 2.31 bits per heavy atom. The van der Waals surface area contributed by atoms with Crippen molar-refractivity contribution in [2.75, 3.05) is 5.73 Å². The number of aryl methyl sites for hydroxylation is 1. The molecule has 2 unspecified atom stereocenters. The molecule has 1 aromatic heterocycles. The van der Waals surface area contributed by atoms with E-state index in [1.54, 1.807) is 6.20 Å². The number of nitrogens with zero attached hydrogens (tertiary/aromatic N) is 1. The highest BCUT2D eigenvalue weighted by Gasteiger charge is 2.36. The van der Waals surface area contributed by atoms with Gasteiger partial charge in [0.25, 0.3) is 0 Å². The normalized spacial score (nSPS) is 30.3. The third-order valence-electron chi connectivity index (χ3n) is 3.53. The summed E-state index contributed by atoms with van der Waals surface area (Å²) in [5.74, 6) is 1.03. The predicted molar refractivity (Wildman–Crippen MR) is 64.9 cm³/mol. The van der Waals surface area contributed by atoms with Crippen LogP contribution in [0.25, 0.3) is 0 Å². The highest BCUT2D eigenvalue weighted by molar-refractivity contribution is 5.45. The molecule has 3 N–H and O–H groups in total. The molecule has 0 spiro atoms. The average Bonchev–Trinajstić information content (AvgIpc) is 2.21. The first-order valence-corrected chi connectivity index (χ1v) is 5.96. The summed E-state index contributed by atoms with van der Waals surface area (Å²) >= 11 is 0. The van der Waals surface area contributed by atoms with Crippen LogP contribution in [0.2, 0.25) is 0 Å². The Balaban J connectivity index is 2.37. The second kappa shape index (κ2) is 4.06. The van der Waals surface area contributed by atoms with Crippen LogP contribution in [0.5, 0.6) is 0 Å². The van der Waals surface area contributed by atoms with Crippen molar-refractivity contribution < 1.29 is 5.11 Å². The zero-order chi connectivity index (χ0) is 11.8. The maximum atomic E-state index is 10.7. The van der Waals surface area contributed by atoms with Crippen LogP contribution in [-0.4, -0.2) is 10.1 Å². The number of pyridine rings is 1. The Morgan fingerprint density at radius 3 is 3.00 bits per heavy atom. The minimum absolute atomic E-state index is 0.474. The molecular weight excluding hydrogens is 200 g/mol. The fraction of sp³-hybridized carbons (Fsp3) is 0.615. The second-order valence-electron chi connectivity index (χ2n) is 5.18. The van der Waals surface area contributed by atoms with E-state index >= 15 is 0 Å². The Morgan fingerprint density at radius 1 is 1.56 bits per heavy atom. The number of nitrogens with two attached hydrogens (primary N) is 1. The average molecular weight is 220 g/mol. The van der Waals surface area contributed by atoms with E-state index in [9.17, 15) is 5.11 Å². The van der Waals surface area contributed by atoms with Gasteiger partial charge in [0.1, 0.15) is 5.82 Å². The largest absolute Gasteiger partial charge is 0.385 e. The van der Waals surface area contributed by atoms with Gasteiger partial charge in [0, 0.05) is 11.8 Å². The molecule has 1 saturated carbocycles. The fourth-order valence-corrected chi connectivity index (χ4v) is 2.72. The number of aromatic nitrogens is 1. The minimum Gasteiger partial charge on any atom is -0.385 e. The lowest BCUT2D eigenvalue weighted by Crippen LogP contribution is -2.33. The van der Waals surface area contributed by atoms with Gasteiger partial charge in [-0.2, -0.15) is 0 Å². The first-order valence-electron chi connectivity index (χ1n) is 5.96. The molecule has 0 aliphatic heterocycles. The topological polar surface area (TPSA) is 59.1 Å². The van der Waals surface area contributed by atoms with Gasteiger partial charge in [-0.05, 0) is 43.7 Å². The number of nitrogen functional groups attached to an aromatic ring is 1. The Kier molecular flexibility index (Phi) is 2.89. The first kappa shape index (κ1) is 11.4. The molecule has 3 heteroatoms. The summed E-state index contributed by atoms with van der Waals surface area (Å²) in [6.07, 6.45) is 5.59. The molecule has 2 atom stereocenters. The molecule has 1 aliphatic carbocycles. The second-order valence-corrected chi connectivity index (χ2v) is 5.18. The molecule has 16 heavy (non-hydrogen) atoms. The molecule has 3 nitrogen and oxygen atoms in total. The number of anilines is 1. The third-order valence-corrected chi connectivity index (χ3v) is 3.53. The lowest BCUT2D eigenvalue weighted by Gasteiger charge is -2.36. The lowest BCUT2D eigenvalue weighted by atomic mass is 9.75. The van der Waals surface area contributed by atoms with E-state index in [0.29, 0.717) is 11.7 Å². The van der Waals surface area contributed by atoms with Gasteiger partial charge in [0.2, 0.25) is 0 Å². The Hall–Kier alpha value is -1.09. The summed E-state index contributed by atoms with van der Waals surface area (Å²) < 4.78 is 0. The molecule has 88 valence electrons. The molecule has 0 radical (unpaired) electrons. The molecular formula is C13H20N2O. The van der Waals surface area contributed by atoms with Crippen LogP contribution in [0.1, 0.15) is 43.7 Å². The van der Waals surface area contributed by atoms with Crippen molar-refractivity contribution in [3.8, 4) is 0 Å².